The van der Waals surface area contributed by atoms with Gasteiger partial charge in [0.05, 0.1) is 0 Å². The molecule has 0 bridgehead atoms. The van der Waals surface area contributed by atoms with Crippen molar-refractivity contribution in [2.75, 3.05) is 6.54 Å². The summed E-state index contributed by atoms with van der Waals surface area (Å²) in [6.45, 7) is 8.26. The van der Waals surface area contributed by atoms with Crippen LogP contribution in [0.15, 0.2) is 0 Å². The van der Waals surface area contributed by atoms with Gasteiger partial charge in [-0.2, -0.15) is 0 Å². The van der Waals surface area contributed by atoms with Crippen LogP contribution in [-0.4, -0.2) is 12.6 Å². The maximum Gasteiger partial charge on any atom is 0.0124 e. The van der Waals surface area contributed by atoms with E-state index >= 15 is 0 Å². The first kappa shape index (κ1) is 11.4. The molecule has 2 aliphatic carbocycles. The second-order valence-corrected chi connectivity index (χ2v) is 6.82. The van der Waals surface area contributed by atoms with E-state index < -0.39 is 0 Å². The summed E-state index contributed by atoms with van der Waals surface area (Å²) in [6.07, 6.45) is 8.67. The van der Waals surface area contributed by atoms with Crippen molar-refractivity contribution in [3.8, 4) is 0 Å². The molecule has 0 heterocycles. The summed E-state index contributed by atoms with van der Waals surface area (Å²) in [5.41, 5.74) is 0.510. The van der Waals surface area contributed by atoms with Gasteiger partial charge in [-0.1, -0.05) is 20.8 Å². The third-order valence-electron chi connectivity index (χ3n) is 3.74. The van der Waals surface area contributed by atoms with Crippen molar-refractivity contribution in [3.63, 3.8) is 0 Å². The van der Waals surface area contributed by atoms with E-state index in [1.165, 1.54) is 45.1 Å². The lowest BCUT2D eigenvalue weighted by molar-refractivity contribution is 0.343. The van der Waals surface area contributed by atoms with Crippen LogP contribution in [0.2, 0.25) is 0 Å². The van der Waals surface area contributed by atoms with Gasteiger partial charge in [0, 0.05) is 6.04 Å². The molecular formula is C14H27N. The van der Waals surface area contributed by atoms with Gasteiger partial charge >= 0.3 is 0 Å². The number of hydrogen-bond acceptors (Lipinski definition) is 1. The zero-order valence-electron chi connectivity index (χ0n) is 10.7. The lowest BCUT2D eigenvalue weighted by Crippen LogP contribution is -2.34. The first-order valence-corrected chi connectivity index (χ1v) is 6.80. The highest BCUT2D eigenvalue weighted by atomic mass is 14.9. The van der Waals surface area contributed by atoms with E-state index in [1.54, 1.807) is 0 Å². The van der Waals surface area contributed by atoms with Gasteiger partial charge < -0.3 is 5.32 Å². The minimum Gasteiger partial charge on any atom is -0.313 e. The summed E-state index contributed by atoms with van der Waals surface area (Å²) in [5.74, 6) is 2.10. The van der Waals surface area contributed by atoms with Crippen LogP contribution in [-0.2, 0) is 0 Å². The zero-order chi connectivity index (χ0) is 10.9. The molecular weight excluding hydrogens is 182 g/mol. The van der Waals surface area contributed by atoms with Gasteiger partial charge in [0.2, 0.25) is 0 Å². The van der Waals surface area contributed by atoms with Gasteiger partial charge in [0.15, 0.2) is 0 Å². The molecule has 2 aliphatic rings. The summed E-state index contributed by atoms with van der Waals surface area (Å²) in [7, 11) is 0. The third-order valence-corrected chi connectivity index (χ3v) is 3.74. The molecule has 15 heavy (non-hydrogen) atoms. The Kier molecular flexibility index (Phi) is 3.39. The standard InChI is InChI=1S/C14H27N/c1-14(2,3)9-4-10-15-13(11-5-6-11)12-7-8-12/h11-13,15H,4-10H2,1-3H3. The summed E-state index contributed by atoms with van der Waals surface area (Å²) >= 11 is 0. The van der Waals surface area contributed by atoms with Gasteiger partial charge in [-0.25, -0.2) is 0 Å². The van der Waals surface area contributed by atoms with Crippen LogP contribution in [0, 0.1) is 17.3 Å². The Balaban J connectivity index is 1.59. The highest BCUT2D eigenvalue weighted by Crippen LogP contribution is 2.44. The third kappa shape index (κ3) is 4.14. The van der Waals surface area contributed by atoms with Gasteiger partial charge in [-0.05, 0) is 62.3 Å². The average Bonchev–Trinajstić information content (AvgIpc) is 2.98. The Morgan fingerprint density at radius 1 is 1.07 bits per heavy atom. The summed E-state index contributed by atoms with van der Waals surface area (Å²) in [4.78, 5) is 0. The van der Waals surface area contributed by atoms with Crippen molar-refractivity contribution in [3.05, 3.63) is 0 Å². The smallest absolute Gasteiger partial charge is 0.0124 e. The molecule has 88 valence electrons. The van der Waals surface area contributed by atoms with Crippen LogP contribution < -0.4 is 5.32 Å². The van der Waals surface area contributed by atoms with Crippen LogP contribution in [0.25, 0.3) is 0 Å². The number of nitrogens with one attached hydrogen (secondary N) is 1. The van der Waals surface area contributed by atoms with E-state index in [-0.39, 0.29) is 0 Å². The number of rotatable bonds is 6. The van der Waals surface area contributed by atoms with Gasteiger partial charge in [0.1, 0.15) is 0 Å². The molecule has 0 amide bonds. The van der Waals surface area contributed by atoms with E-state index in [0.29, 0.717) is 5.41 Å². The quantitative estimate of drug-likeness (QED) is 0.659. The van der Waals surface area contributed by atoms with E-state index in [9.17, 15) is 0 Å². The van der Waals surface area contributed by atoms with Crippen molar-refractivity contribution in [1.82, 2.24) is 5.32 Å². The molecule has 0 atom stereocenters. The fraction of sp³-hybridized carbons (Fsp3) is 1.00. The SMILES string of the molecule is CC(C)(C)CCCNC(C1CC1)C1CC1. The minimum atomic E-state index is 0.510. The van der Waals surface area contributed by atoms with Crippen LogP contribution in [0.5, 0.6) is 0 Å². The van der Waals surface area contributed by atoms with E-state index in [1.807, 2.05) is 0 Å². The molecule has 1 N–H and O–H groups in total. The molecule has 0 aromatic carbocycles. The molecule has 0 spiro atoms. The second kappa shape index (κ2) is 4.45. The molecule has 0 radical (unpaired) electrons. The van der Waals surface area contributed by atoms with E-state index in [0.717, 1.165) is 17.9 Å². The fourth-order valence-corrected chi connectivity index (χ4v) is 2.52. The summed E-state index contributed by atoms with van der Waals surface area (Å²) in [5, 5.41) is 3.82. The molecule has 2 rings (SSSR count). The van der Waals surface area contributed by atoms with Gasteiger partial charge in [-0.15, -0.1) is 0 Å². The minimum absolute atomic E-state index is 0.510. The van der Waals surface area contributed by atoms with E-state index in [2.05, 4.69) is 26.1 Å². The Bertz CT molecular complexity index is 184. The molecule has 2 fully saturated rings. The molecule has 1 heteroatoms. The largest absolute Gasteiger partial charge is 0.313 e. The molecule has 0 aliphatic heterocycles. The molecule has 2 saturated carbocycles. The Hall–Kier alpha value is -0.0400. The van der Waals surface area contributed by atoms with Crippen molar-refractivity contribution < 1.29 is 0 Å². The first-order chi connectivity index (χ1) is 7.06. The Labute approximate surface area is 95.0 Å². The molecule has 0 saturated heterocycles. The normalized spacial score (nSPS) is 22.4. The van der Waals surface area contributed by atoms with E-state index in [4.69, 9.17) is 0 Å². The highest BCUT2D eigenvalue weighted by Gasteiger charge is 2.40. The lowest BCUT2D eigenvalue weighted by atomic mass is 9.90. The van der Waals surface area contributed by atoms with Crippen LogP contribution in [0.4, 0.5) is 0 Å². The maximum absolute atomic E-state index is 3.82. The van der Waals surface area contributed by atoms with Crippen molar-refractivity contribution in [2.24, 2.45) is 17.3 Å². The highest BCUT2D eigenvalue weighted by molar-refractivity contribution is 4.96. The fourth-order valence-electron chi connectivity index (χ4n) is 2.52. The van der Waals surface area contributed by atoms with Crippen LogP contribution in [0.3, 0.4) is 0 Å². The first-order valence-electron chi connectivity index (χ1n) is 6.80. The van der Waals surface area contributed by atoms with Crippen molar-refractivity contribution in [2.45, 2.75) is 65.3 Å². The molecule has 0 aromatic rings. The predicted octanol–water partition coefficient (Wildman–Crippen LogP) is 3.59. The van der Waals surface area contributed by atoms with Gasteiger partial charge in [-0.3, -0.25) is 0 Å². The average molecular weight is 209 g/mol. The second-order valence-electron chi connectivity index (χ2n) is 6.82. The molecule has 0 unspecified atom stereocenters. The maximum atomic E-state index is 3.82. The van der Waals surface area contributed by atoms with Gasteiger partial charge in [0.25, 0.3) is 0 Å². The summed E-state index contributed by atoms with van der Waals surface area (Å²) < 4.78 is 0. The lowest BCUT2D eigenvalue weighted by Gasteiger charge is -2.21. The van der Waals surface area contributed by atoms with Crippen LogP contribution in [0.1, 0.15) is 59.3 Å². The Morgan fingerprint density at radius 2 is 1.60 bits per heavy atom. The topological polar surface area (TPSA) is 12.0 Å². The van der Waals surface area contributed by atoms with Crippen molar-refractivity contribution >= 4 is 0 Å². The molecule has 0 aromatic heterocycles. The molecule has 1 nitrogen and oxygen atoms in total. The monoisotopic (exact) mass is 209 g/mol. The predicted molar refractivity (Wildman–Crippen MR) is 65.9 cm³/mol. The number of hydrogen-bond donors (Lipinski definition) is 1. The Morgan fingerprint density at radius 3 is 2.00 bits per heavy atom. The van der Waals surface area contributed by atoms with Crippen LogP contribution >= 0.6 is 0 Å². The van der Waals surface area contributed by atoms with Crippen molar-refractivity contribution in [1.29, 1.82) is 0 Å². The summed E-state index contributed by atoms with van der Waals surface area (Å²) in [6, 6.07) is 0.893. The zero-order valence-corrected chi connectivity index (χ0v) is 10.7.